The normalized spacial score (nSPS) is 11.4. The van der Waals surface area contributed by atoms with E-state index in [2.05, 4.69) is 10.3 Å². The van der Waals surface area contributed by atoms with Crippen LogP contribution in [0.2, 0.25) is 10.3 Å². The second-order valence-corrected chi connectivity index (χ2v) is 5.96. The SMILES string of the molecule is Cc1cc(Cl)nc(Cl)c1NC(=O)CC(C)(C)C. The minimum absolute atomic E-state index is 0.0652. The molecule has 1 aromatic heterocycles. The van der Waals surface area contributed by atoms with E-state index in [0.29, 0.717) is 17.3 Å². The van der Waals surface area contributed by atoms with Crippen LogP contribution in [-0.4, -0.2) is 10.9 Å². The highest BCUT2D eigenvalue weighted by Gasteiger charge is 2.18. The molecule has 0 aliphatic rings. The van der Waals surface area contributed by atoms with E-state index in [-0.39, 0.29) is 16.5 Å². The van der Waals surface area contributed by atoms with Crippen LogP contribution in [0.25, 0.3) is 0 Å². The Morgan fingerprint density at radius 2 is 2.00 bits per heavy atom. The molecule has 1 rings (SSSR count). The molecular weight excluding hydrogens is 259 g/mol. The third-order valence-corrected chi connectivity index (χ3v) is 2.56. The average molecular weight is 275 g/mol. The van der Waals surface area contributed by atoms with Gasteiger partial charge in [0.05, 0.1) is 5.69 Å². The first-order valence-corrected chi connectivity index (χ1v) is 6.07. The van der Waals surface area contributed by atoms with Crippen LogP contribution in [0, 0.1) is 12.3 Å². The maximum Gasteiger partial charge on any atom is 0.224 e. The molecule has 0 aliphatic carbocycles. The van der Waals surface area contributed by atoms with Crippen LogP contribution >= 0.6 is 23.2 Å². The number of hydrogen-bond acceptors (Lipinski definition) is 2. The number of nitrogens with one attached hydrogen (secondary N) is 1. The van der Waals surface area contributed by atoms with Crippen LogP contribution < -0.4 is 5.32 Å². The van der Waals surface area contributed by atoms with Gasteiger partial charge in [0.1, 0.15) is 5.15 Å². The summed E-state index contributed by atoms with van der Waals surface area (Å²) in [6, 6.07) is 1.67. The molecule has 0 aromatic carbocycles. The third kappa shape index (κ3) is 4.52. The average Bonchev–Trinajstić information content (AvgIpc) is 2.08. The summed E-state index contributed by atoms with van der Waals surface area (Å²) in [5.74, 6) is -0.0772. The van der Waals surface area contributed by atoms with Gasteiger partial charge in [-0.05, 0) is 24.0 Å². The van der Waals surface area contributed by atoms with Gasteiger partial charge in [-0.3, -0.25) is 4.79 Å². The van der Waals surface area contributed by atoms with Crippen molar-refractivity contribution in [3.05, 3.63) is 21.9 Å². The predicted octanol–water partition coefficient (Wildman–Crippen LogP) is 4.07. The van der Waals surface area contributed by atoms with Gasteiger partial charge in [0.2, 0.25) is 5.91 Å². The molecule has 0 radical (unpaired) electrons. The molecule has 0 saturated heterocycles. The Balaban J connectivity index is 2.86. The zero-order chi connectivity index (χ0) is 13.2. The maximum atomic E-state index is 11.8. The number of hydrogen-bond donors (Lipinski definition) is 1. The first-order valence-electron chi connectivity index (χ1n) is 5.31. The standard InChI is InChI=1S/C12H16Cl2N2O/c1-7-5-8(13)15-11(14)10(7)16-9(17)6-12(2,3)4/h5H,6H2,1-4H3,(H,16,17). The largest absolute Gasteiger partial charge is 0.323 e. The zero-order valence-corrected chi connectivity index (χ0v) is 11.9. The number of amides is 1. The Bertz CT molecular complexity index is 416. The number of nitrogens with zero attached hydrogens (tertiary/aromatic N) is 1. The molecule has 0 fully saturated rings. The van der Waals surface area contributed by atoms with E-state index >= 15 is 0 Å². The molecule has 0 unspecified atom stereocenters. The van der Waals surface area contributed by atoms with E-state index < -0.39 is 0 Å². The summed E-state index contributed by atoms with van der Waals surface area (Å²) in [6.45, 7) is 7.83. The number of carbonyl (C=O) groups excluding carboxylic acids is 1. The lowest BCUT2D eigenvalue weighted by Crippen LogP contribution is -2.20. The van der Waals surface area contributed by atoms with Gasteiger partial charge in [0.15, 0.2) is 5.15 Å². The van der Waals surface area contributed by atoms with Crippen molar-refractivity contribution in [1.82, 2.24) is 4.98 Å². The number of rotatable bonds is 2. The second-order valence-electron chi connectivity index (χ2n) is 5.21. The summed E-state index contributed by atoms with van der Waals surface area (Å²) >= 11 is 11.7. The fourth-order valence-electron chi connectivity index (χ4n) is 1.41. The quantitative estimate of drug-likeness (QED) is 0.826. The first-order chi connectivity index (χ1) is 7.69. The molecule has 3 nitrogen and oxygen atoms in total. The molecule has 0 aliphatic heterocycles. The van der Waals surface area contributed by atoms with Crippen molar-refractivity contribution >= 4 is 34.8 Å². The number of halogens is 2. The molecule has 1 N–H and O–H groups in total. The summed E-state index contributed by atoms with van der Waals surface area (Å²) < 4.78 is 0. The second kappa shape index (κ2) is 5.23. The van der Waals surface area contributed by atoms with E-state index in [1.165, 1.54) is 0 Å². The van der Waals surface area contributed by atoms with Crippen LogP contribution in [-0.2, 0) is 4.79 Å². The van der Waals surface area contributed by atoms with Gasteiger partial charge >= 0.3 is 0 Å². The summed E-state index contributed by atoms with van der Waals surface area (Å²) in [7, 11) is 0. The summed E-state index contributed by atoms with van der Waals surface area (Å²) in [6.07, 6.45) is 0.422. The molecule has 94 valence electrons. The molecule has 0 bridgehead atoms. The molecule has 1 amide bonds. The lowest BCUT2D eigenvalue weighted by atomic mass is 9.92. The highest BCUT2D eigenvalue weighted by Crippen LogP contribution is 2.27. The van der Waals surface area contributed by atoms with Crippen LogP contribution in [0.1, 0.15) is 32.8 Å². The molecular formula is C12H16Cl2N2O. The Kier molecular flexibility index (Phi) is 4.39. The fourth-order valence-corrected chi connectivity index (χ4v) is 1.99. The molecule has 17 heavy (non-hydrogen) atoms. The highest BCUT2D eigenvalue weighted by atomic mass is 35.5. The van der Waals surface area contributed by atoms with Gasteiger partial charge in [-0.25, -0.2) is 4.98 Å². The van der Waals surface area contributed by atoms with Crippen molar-refractivity contribution in [1.29, 1.82) is 0 Å². The van der Waals surface area contributed by atoms with Crippen LogP contribution in [0.15, 0.2) is 6.07 Å². The number of pyridine rings is 1. The van der Waals surface area contributed by atoms with Crippen molar-refractivity contribution in [2.75, 3.05) is 5.32 Å². The topological polar surface area (TPSA) is 42.0 Å². The van der Waals surface area contributed by atoms with Crippen molar-refractivity contribution in [2.45, 2.75) is 34.1 Å². The Hall–Kier alpha value is -0.800. The van der Waals surface area contributed by atoms with Gasteiger partial charge in [0, 0.05) is 6.42 Å². The number of carbonyl (C=O) groups is 1. The summed E-state index contributed by atoms with van der Waals surface area (Å²) in [4.78, 5) is 15.7. The van der Waals surface area contributed by atoms with E-state index in [4.69, 9.17) is 23.2 Å². The molecule has 0 saturated carbocycles. The smallest absolute Gasteiger partial charge is 0.224 e. The van der Waals surface area contributed by atoms with E-state index in [1.807, 2.05) is 27.7 Å². The first kappa shape index (κ1) is 14.3. The van der Waals surface area contributed by atoms with Gasteiger partial charge in [-0.1, -0.05) is 44.0 Å². The fraction of sp³-hybridized carbons (Fsp3) is 0.500. The van der Waals surface area contributed by atoms with Crippen molar-refractivity contribution in [3.8, 4) is 0 Å². The lowest BCUT2D eigenvalue weighted by Gasteiger charge is -2.18. The van der Waals surface area contributed by atoms with Crippen molar-refractivity contribution < 1.29 is 4.79 Å². The van der Waals surface area contributed by atoms with Crippen molar-refractivity contribution in [3.63, 3.8) is 0 Å². The number of anilines is 1. The molecule has 0 spiro atoms. The third-order valence-electron chi connectivity index (χ3n) is 2.10. The maximum absolute atomic E-state index is 11.8. The monoisotopic (exact) mass is 274 g/mol. The van der Waals surface area contributed by atoms with E-state index in [9.17, 15) is 4.79 Å². The number of aryl methyl sites for hydroxylation is 1. The summed E-state index contributed by atoms with van der Waals surface area (Å²) in [5, 5.41) is 3.31. The minimum Gasteiger partial charge on any atom is -0.323 e. The van der Waals surface area contributed by atoms with Crippen LogP contribution in [0.5, 0.6) is 0 Å². The molecule has 1 heterocycles. The van der Waals surface area contributed by atoms with Gasteiger partial charge in [0.25, 0.3) is 0 Å². The predicted molar refractivity (Wildman–Crippen MR) is 71.7 cm³/mol. The van der Waals surface area contributed by atoms with Crippen LogP contribution in [0.3, 0.4) is 0 Å². The Morgan fingerprint density at radius 1 is 1.41 bits per heavy atom. The zero-order valence-electron chi connectivity index (χ0n) is 10.4. The summed E-state index contributed by atoms with van der Waals surface area (Å²) in [5.41, 5.74) is 1.27. The molecule has 1 aromatic rings. The number of aromatic nitrogens is 1. The lowest BCUT2D eigenvalue weighted by molar-refractivity contribution is -0.117. The van der Waals surface area contributed by atoms with E-state index in [0.717, 1.165) is 5.56 Å². The molecule has 0 atom stereocenters. The van der Waals surface area contributed by atoms with Crippen molar-refractivity contribution in [2.24, 2.45) is 5.41 Å². The Labute approximate surface area is 112 Å². The minimum atomic E-state index is -0.0772. The van der Waals surface area contributed by atoms with Gasteiger partial charge < -0.3 is 5.32 Å². The highest BCUT2D eigenvalue weighted by molar-refractivity contribution is 6.34. The van der Waals surface area contributed by atoms with Gasteiger partial charge in [-0.2, -0.15) is 0 Å². The van der Waals surface area contributed by atoms with E-state index in [1.54, 1.807) is 6.07 Å². The Morgan fingerprint density at radius 3 is 2.47 bits per heavy atom. The van der Waals surface area contributed by atoms with Crippen LogP contribution in [0.4, 0.5) is 5.69 Å². The molecule has 5 heteroatoms. The van der Waals surface area contributed by atoms with Gasteiger partial charge in [-0.15, -0.1) is 0 Å².